The van der Waals surface area contributed by atoms with Gasteiger partial charge in [0, 0.05) is 42.9 Å². The van der Waals surface area contributed by atoms with Crippen LogP contribution in [0.4, 0.5) is 10.5 Å². The predicted octanol–water partition coefficient (Wildman–Crippen LogP) is 4.98. The van der Waals surface area contributed by atoms with Gasteiger partial charge in [-0.15, -0.1) is 0 Å². The fraction of sp³-hybridized carbons (Fsp3) is 0.409. The molecule has 2 aromatic carbocycles. The van der Waals surface area contributed by atoms with Crippen molar-refractivity contribution >= 4 is 27.6 Å². The molecule has 0 radical (unpaired) electrons. The van der Waals surface area contributed by atoms with Gasteiger partial charge in [-0.05, 0) is 42.3 Å². The van der Waals surface area contributed by atoms with E-state index in [-0.39, 0.29) is 6.03 Å². The molecule has 0 unspecified atom stereocenters. The van der Waals surface area contributed by atoms with E-state index in [4.69, 9.17) is 4.74 Å². The molecule has 0 atom stereocenters. The van der Waals surface area contributed by atoms with Crippen molar-refractivity contribution in [3.63, 3.8) is 0 Å². The summed E-state index contributed by atoms with van der Waals surface area (Å²) in [5.74, 6) is 0.936. The van der Waals surface area contributed by atoms with Gasteiger partial charge in [0.05, 0.1) is 6.61 Å². The van der Waals surface area contributed by atoms with E-state index in [2.05, 4.69) is 45.2 Å². The lowest BCUT2D eigenvalue weighted by Gasteiger charge is -2.34. The zero-order valence-electron chi connectivity index (χ0n) is 16.4. The van der Waals surface area contributed by atoms with E-state index < -0.39 is 0 Å². The number of carbonyl (C=O) groups is 1. The lowest BCUT2D eigenvalue weighted by atomic mass is 10.2. The van der Waals surface area contributed by atoms with Gasteiger partial charge in [0.25, 0.3) is 0 Å². The molecule has 2 amide bonds. The lowest BCUT2D eigenvalue weighted by molar-refractivity contribution is 0.143. The number of hydrogen-bond donors (Lipinski definition) is 1. The Morgan fingerprint density at radius 1 is 1.11 bits per heavy atom. The minimum Gasteiger partial charge on any atom is -0.494 e. The van der Waals surface area contributed by atoms with Crippen LogP contribution in [0.5, 0.6) is 5.75 Å². The van der Waals surface area contributed by atoms with Crippen LogP contribution in [0.1, 0.15) is 25.3 Å². The SMILES string of the molecule is CCCCOc1ccc(CN2CCN(C(=O)Nc3cccc(Br)c3)CC2)cc1. The third kappa shape index (κ3) is 6.24. The van der Waals surface area contributed by atoms with Crippen molar-refractivity contribution in [2.24, 2.45) is 0 Å². The monoisotopic (exact) mass is 445 g/mol. The van der Waals surface area contributed by atoms with Crippen LogP contribution in [0.3, 0.4) is 0 Å². The average molecular weight is 446 g/mol. The summed E-state index contributed by atoms with van der Waals surface area (Å²) in [4.78, 5) is 16.7. The molecule has 5 nitrogen and oxygen atoms in total. The molecule has 0 aromatic heterocycles. The van der Waals surface area contributed by atoms with Gasteiger partial charge in [0.1, 0.15) is 5.75 Å². The molecule has 6 heteroatoms. The molecular formula is C22H28BrN3O2. The van der Waals surface area contributed by atoms with Crippen LogP contribution in [0.2, 0.25) is 0 Å². The normalized spacial score (nSPS) is 14.7. The number of ether oxygens (including phenoxy) is 1. The molecule has 28 heavy (non-hydrogen) atoms. The summed E-state index contributed by atoms with van der Waals surface area (Å²) < 4.78 is 6.68. The van der Waals surface area contributed by atoms with Crippen molar-refractivity contribution in [3.05, 3.63) is 58.6 Å². The highest BCUT2D eigenvalue weighted by atomic mass is 79.9. The summed E-state index contributed by atoms with van der Waals surface area (Å²) in [7, 11) is 0. The van der Waals surface area contributed by atoms with Crippen LogP contribution in [-0.2, 0) is 6.54 Å². The van der Waals surface area contributed by atoms with Gasteiger partial charge in [-0.3, -0.25) is 4.90 Å². The number of nitrogens with one attached hydrogen (secondary N) is 1. The maximum absolute atomic E-state index is 12.5. The second kappa shape index (κ2) is 10.5. The standard InChI is InChI=1S/C22H28BrN3O2/c1-2-3-15-28-21-9-7-18(8-10-21)17-25-11-13-26(14-12-25)22(27)24-20-6-4-5-19(23)16-20/h4-10,16H,2-3,11-15,17H2,1H3,(H,24,27). The molecule has 3 rings (SSSR count). The van der Waals surface area contributed by atoms with E-state index in [1.165, 1.54) is 5.56 Å². The van der Waals surface area contributed by atoms with Crippen molar-refractivity contribution in [2.45, 2.75) is 26.3 Å². The van der Waals surface area contributed by atoms with E-state index >= 15 is 0 Å². The zero-order chi connectivity index (χ0) is 19.8. The number of halogens is 1. The summed E-state index contributed by atoms with van der Waals surface area (Å²) in [6.45, 7) is 7.06. The number of anilines is 1. The Kier molecular flexibility index (Phi) is 7.74. The number of piperazine rings is 1. The van der Waals surface area contributed by atoms with Gasteiger partial charge in [-0.25, -0.2) is 4.79 Å². The topological polar surface area (TPSA) is 44.8 Å². The van der Waals surface area contributed by atoms with Gasteiger partial charge in [0.2, 0.25) is 0 Å². The number of carbonyl (C=O) groups excluding carboxylic acids is 1. The van der Waals surface area contributed by atoms with Crippen molar-refractivity contribution in [2.75, 3.05) is 38.1 Å². The van der Waals surface area contributed by atoms with Gasteiger partial charge in [-0.2, -0.15) is 0 Å². The fourth-order valence-corrected chi connectivity index (χ4v) is 3.56. The Balaban J connectivity index is 1.43. The van der Waals surface area contributed by atoms with Crippen LogP contribution >= 0.6 is 15.9 Å². The molecule has 0 aliphatic carbocycles. The maximum atomic E-state index is 12.5. The molecule has 1 saturated heterocycles. The third-order valence-corrected chi connectivity index (χ3v) is 5.32. The summed E-state index contributed by atoms with van der Waals surface area (Å²) in [5, 5.41) is 2.97. The first-order valence-electron chi connectivity index (χ1n) is 9.89. The molecule has 0 bridgehead atoms. The molecule has 1 heterocycles. The Labute approximate surface area is 175 Å². The smallest absolute Gasteiger partial charge is 0.321 e. The Hall–Kier alpha value is -2.05. The molecule has 1 aliphatic heterocycles. The minimum atomic E-state index is -0.0358. The molecule has 1 fully saturated rings. The van der Waals surface area contributed by atoms with Crippen molar-refractivity contribution in [3.8, 4) is 5.75 Å². The molecule has 0 spiro atoms. The van der Waals surface area contributed by atoms with Gasteiger partial charge in [-0.1, -0.05) is 47.5 Å². The largest absolute Gasteiger partial charge is 0.494 e. The van der Waals surface area contributed by atoms with Crippen LogP contribution in [-0.4, -0.2) is 48.6 Å². The molecule has 0 saturated carbocycles. The molecule has 150 valence electrons. The number of benzene rings is 2. The van der Waals surface area contributed by atoms with Crippen LogP contribution in [0.25, 0.3) is 0 Å². The highest BCUT2D eigenvalue weighted by Gasteiger charge is 2.21. The molecule has 2 aromatic rings. The summed E-state index contributed by atoms with van der Waals surface area (Å²) >= 11 is 3.43. The van der Waals surface area contributed by atoms with Crippen molar-refractivity contribution < 1.29 is 9.53 Å². The number of rotatable bonds is 7. The van der Waals surface area contributed by atoms with Crippen LogP contribution in [0.15, 0.2) is 53.0 Å². The first kappa shape index (κ1) is 20.7. The number of urea groups is 1. The first-order chi connectivity index (χ1) is 13.6. The Bertz CT molecular complexity index is 759. The average Bonchev–Trinajstić information content (AvgIpc) is 2.70. The number of nitrogens with zero attached hydrogens (tertiary/aromatic N) is 2. The van der Waals surface area contributed by atoms with Crippen molar-refractivity contribution in [1.29, 1.82) is 0 Å². The molecule has 1 N–H and O–H groups in total. The number of amides is 2. The quantitative estimate of drug-likeness (QED) is 0.611. The predicted molar refractivity (Wildman–Crippen MR) is 117 cm³/mol. The van der Waals surface area contributed by atoms with E-state index in [9.17, 15) is 4.79 Å². The Morgan fingerprint density at radius 2 is 1.86 bits per heavy atom. The highest BCUT2D eigenvalue weighted by molar-refractivity contribution is 9.10. The minimum absolute atomic E-state index is 0.0358. The van der Waals surface area contributed by atoms with Crippen LogP contribution < -0.4 is 10.1 Å². The second-order valence-electron chi connectivity index (χ2n) is 7.05. The number of hydrogen-bond acceptors (Lipinski definition) is 3. The Morgan fingerprint density at radius 3 is 2.54 bits per heavy atom. The maximum Gasteiger partial charge on any atom is 0.321 e. The lowest BCUT2D eigenvalue weighted by Crippen LogP contribution is -2.49. The fourth-order valence-electron chi connectivity index (χ4n) is 3.16. The highest BCUT2D eigenvalue weighted by Crippen LogP contribution is 2.18. The zero-order valence-corrected chi connectivity index (χ0v) is 18.0. The first-order valence-corrected chi connectivity index (χ1v) is 10.7. The van der Waals surface area contributed by atoms with E-state index in [1.54, 1.807) is 0 Å². The van der Waals surface area contributed by atoms with Gasteiger partial charge < -0.3 is 15.0 Å². The second-order valence-corrected chi connectivity index (χ2v) is 7.97. The summed E-state index contributed by atoms with van der Waals surface area (Å²) in [6, 6.07) is 16.0. The summed E-state index contributed by atoms with van der Waals surface area (Å²) in [5.41, 5.74) is 2.08. The van der Waals surface area contributed by atoms with Gasteiger partial charge in [0.15, 0.2) is 0 Å². The van der Waals surface area contributed by atoms with E-state index in [1.807, 2.05) is 41.3 Å². The van der Waals surface area contributed by atoms with Crippen LogP contribution in [0, 0.1) is 0 Å². The number of unbranched alkanes of at least 4 members (excludes halogenated alkanes) is 1. The van der Waals surface area contributed by atoms with E-state index in [0.29, 0.717) is 0 Å². The van der Waals surface area contributed by atoms with Gasteiger partial charge >= 0.3 is 6.03 Å². The summed E-state index contributed by atoms with van der Waals surface area (Å²) in [6.07, 6.45) is 2.23. The van der Waals surface area contributed by atoms with E-state index in [0.717, 1.165) is 68.1 Å². The molecule has 1 aliphatic rings. The van der Waals surface area contributed by atoms with Crippen molar-refractivity contribution in [1.82, 2.24) is 9.80 Å². The third-order valence-electron chi connectivity index (χ3n) is 4.83. The molecular weight excluding hydrogens is 418 g/mol.